The van der Waals surface area contributed by atoms with Crippen molar-refractivity contribution in [1.82, 2.24) is 14.3 Å². The third-order valence-corrected chi connectivity index (χ3v) is 4.13. The fourth-order valence-corrected chi connectivity index (χ4v) is 2.72. The molecular formula is C9H13ClN4O2S. The normalized spacial score (nSPS) is 18.4. The lowest BCUT2D eigenvalue weighted by Crippen LogP contribution is -2.48. The maximum absolute atomic E-state index is 11.3. The van der Waals surface area contributed by atoms with E-state index in [1.807, 2.05) is 4.90 Å². The molecule has 1 aliphatic rings. The van der Waals surface area contributed by atoms with Gasteiger partial charge in [0.15, 0.2) is 0 Å². The lowest BCUT2D eigenvalue weighted by Gasteiger charge is -2.33. The van der Waals surface area contributed by atoms with Gasteiger partial charge in [-0.2, -0.15) is 4.31 Å². The number of hydrogen-bond donors (Lipinski definition) is 0. The third-order valence-electron chi connectivity index (χ3n) is 2.64. The van der Waals surface area contributed by atoms with Crippen molar-refractivity contribution in [2.24, 2.45) is 0 Å². The Labute approximate surface area is 105 Å². The van der Waals surface area contributed by atoms with Crippen LogP contribution in [0.3, 0.4) is 0 Å². The van der Waals surface area contributed by atoms with E-state index in [-0.39, 0.29) is 5.28 Å². The van der Waals surface area contributed by atoms with Crippen LogP contribution in [0.15, 0.2) is 12.3 Å². The molecule has 0 amide bonds. The fourth-order valence-electron chi connectivity index (χ4n) is 1.75. The van der Waals surface area contributed by atoms with Crippen molar-refractivity contribution in [2.45, 2.75) is 0 Å². The van der Waals surface area contributed by atoms with Crippen molar-refractivity contribution in [1.29, 1.82) is 0 Å². The topological polar surface area (TPSA) is 66.4 Å². The van der Waals surface area contributed by atoms with Crippen LogP contribution in [0, 0.1) is 0 Å². The van der Waals surface area contributed by atoms with E-state index in [1.54, 1.807) is 12.3 Å². The first-order valence-corrected chi connectivity index (χ1v) is 7.38. The van der Waals surface area contributed by atoms with Crippen molar-refractivity contribution >= 4 is 27.4 Å². The largest absolute Gasteiger partial charge is 0.354 e. The molecule has 2 rings (SSSR count). The molecule has 0 saturated carbocycles. The van der Waals surface area contributed by atoms with Gasteiger partial charge >= 0.3 is 0 Å². The van der Waals surface area contributed by atoms with E-state index in [9.17, 15) is 8.42 Å². The molecule has 17 heavy (non-hydrogen) atoms. The number of anilines is 1. The Hall–Kier alpha value is -0.920. The van der Waals surface area contributed by atoms with Crippen LogP contribution in [-0.4, -0.2) is 55.1 Å². The van der Waals surface area contributed by atoms with E-state index in [2.05, 4.69) is 9.97 Å². The summed E-state index contributed by atoms with van der Waals surface area (Å²) in [6.45, 7) is 2.17. The fraction of sp³-hybridized carbons (Fsp3) is 0.556. The average Bonchev–Trinajstić information content (AvgIpc) is 2.28. The van der Waals surface area contributed by atoms with Gasteiger partial charge in [0.2, 0.25) is 15.3 Å². The quantitative estimate of drug-likeness (QED) is 0.723. The maximum atomic E-state index is 11.3. The monoisotopic (exact) mass is 276 g/mol. The molecule has 2 heterocycles. The Balaban J connectivity index is 2.05. The highest BCUT2D eigenvalue weighted by Crippen LogP contribution is 2.15. The second kappa shape index (κ2) is 4.75. The Bertz CT molecular complexity index is 499. The molecule has 8 heteroatoms. The molecule has 94 valence electrons. The van der Waals surface area contributed by atoms with Gasteiger partial charge in [-0.3, -0.25) is 0 Å². The number of nitrogens with zero attached hydrogens (tertiary/aromatic N) is 4. The lowest BCUT2D eigenvalue weighted by molar-refractivity contribution is 0.387. The first-order valence-electron chi connectivity index (χ1n) is 5.15. The molecule has 1 aromatic rings. The molecule has 0 N–H and O–H groups in total. The summed E-state index contributed by atoms with van der Waals surface area (Å²) in [5, 5.41) is 0.202. The van der Waals surface area contributed by atoms with Crippen molar-refractivity contribution < 1.29 is 8.42 Å². The number of aromatic nitrogens is 2. The Morgan fingerprint density at radius 3 is 2.47 bits per heavy atom. The summed E-state index contributed by atoms with van der Waals surface area (Å²) in [4.78, 5) is 9.90. The maximum Gasteiger partial charge on any atom is 0.224 e. The minimum absolute atomic E-state index is 0.202. The molecule has 6 nitrogen and oxygen atoms in total. The van der Waals surface area contributed by atoms with E-state index in [1.165, 1.54) is 10.6 Å². The van der Waals surface area contributed by atoms with E-state index in [0.29, 0.717) is 26.2 Å². The average molecular weight is 277 g/mol. The van der Waals surface area contributed by atoms with Crippen LogP contribution in [0.1, 0.15) is 0 Å². The third kappa shape index (κ3) is 3.05. The van der Waals surface area contributed by atoms with Gasteiger partial charge in [0.25, 0.3) is 0 Å². The van der Waals surface area contributed by atoms with Crippen molar-refractivity contribution in [3.05, 3.63) is 17.5 Å². The van der Waals surface area contributed by atoms with Gasteiger partial charge in [-0.15, -0.1) is 0 Å². The molecule has 0 bridgehead atoms. The number of hydrogen-bond acceptors (Lipinski definition) is 5. The number of sulfonamides is 1. The second-order valence-electron chi connectivity index (χ2n) is 3.83. The van der Waals surface area contributed by atoms with Gasteiger partial charge in [0.05, 0.1) is 6.26 Å². The van der Waals surface area contributed by atoms with Gasteiger partial charge in [-0.25, -0.2) is 18.4 Å². The van der Waals surface area contributed by atoms with Crippen LogP contribution in [0.4, 0.5) is 5.82 Å². The summed E-state index contributed by atoms with van der Waals surface area (Å²) in [7, 11) is -3.09. The molecule has 0 atom stereocenters. The molecule has 0 unspecified atom stereocenters. The van der Waals surface area contributed by atoms with Crippen molar-refractivity contribution in [2.75, 3.05) is 37.3 Å². The summed E-state index contributed by atoms with van der Waals surface area (Å²) in [5.74, 6) is 0.734. The van der Waals surface area contributed by atoms with Crippen LogP contribution in [0.5, 0.6) is 0 Å². The number of rotatable bonds is 2. The second-order valence-corrected chi connectivity index (χ2v) is 6.15. The highest BCUT2D eigenvalue weighted by Gasteiger charge is 2.23. The van der Waals surface area contributed by atoms with Gasteiger partial charge in [-0.1, -0.05) is 0 Å². The molecule has 0 spiro atoms. The van der Waals surface area contributed by atoms with E-state index >= 15 is 0 Å². The summed E-state index contributed by atoms with van der Waals surface area (Å²) >= 11 is 5.71. The van der Waals surface area contributed by atoms with E-state index in [0.717, 1.165) is 5.82 Å². The lowest BCUT2D eigenvalue weighted by atomic mass is 10.3. The van der Waals surface area contributed by atoms with Crippen LogP contribution < -0.4 is 4.90 Å². The minimum Gasteiger partial charge on any atom is -0.354 e. The van der Waals surface area contributed by atoms with Crippen molar-refractivity contribution in [3.63, 3.8) is 0 Å². The SMILES string of the molecule is CS(=O)(=O)N1CCN(c2ccnc(Cl)n2)CC1. The standard InChI is InChI=1S/C9H13ClN4O2S/c1-17(15,16)14-6-4-13(5-7-14)8-2-3-11-9(10)12-8/h2-3H,4-7H2,1H3. The zero-order valence-corrected chi connectivity index (χ0v) is 10.9. The summed E-state index contributed by atoms with van der Waals surface area (Å²) in [5.41, 5.74) is 0. The van der Waals surface area contributed by atoms with Gasteiger partial charge in [0, 0.05) is 32.4 Å². The van der Waals surface area contributed by atoms with E-state index in [4.69, 9.17) is 11.6 Å². The molecule has 0 aromatic carbocycles. The zero-order valence-electron chi connectivity index (χ0n) is 9.37. The minimum atomic E-state index is -3.09. The molecule has 1 aromatic heterocycles. The predicted molar refractivity (Wildman–Crippen MR) is 65.7 cm³/mol. The van der Waals surface area contributed by atoms with Crippen LogP contribution in [-0.2, 0) is 10.0 Å². The van der Waals surface area contributed by atoms with Gasteiger partial charge < -0.3 is 4.90 Å². The molecular weight excluding hydrogens is 264 g/mol. The van der Waals surface area contributed by atoms with Gasteiger partial charge in [-0.05, 0) is 17.7 Å². The van der Waals surface area contributed by atoms with E-state index < -0.39 is 10.0 Å². The first-order chi connectivity index (χ1) is 7.97. The summed E-state index contributed by atoms with van der Waals surface area (Å²) in [6, 6.07) is 1.77. The summed E-state index contributed by atoms with van der Waals surface area (Å²) < 4.78 is 24.2. The smallest absolute Gasteiger partial charge is 0.224 e. The molecule has 0 radical (unpaired) electrons. The molecule has 1 saturated heterocycles. The van der Waals surface area contributed by atoms with Crippen LogP contribution in [0.2, 0.25) is 5.28 Å². The predicted octanol–water partition coefficient (Wildman–Crippen LogP) is 0.212. The Kier molecular flexibility index (Phi) is 3.50. The molecule has 1 aliphatic heterocycles. The van der Waals surface area contributed by atoms with Gasteiger partial charge in [0.1, 0.15) is 5.82 Å². The Morgan fingerprint density at radius 1 is 1.29 bits per heavy atom. The highest BCUT2D eigenvalue weighted by molar-refractivity contribution is 7.88. The van der Waals surface area contributed by atoms with Crippen LogP contribution in [0.25, 0.3) is 0 Å². The molecule has 0 aliphatic carbocycles. The number of piperazine rings is 1. The first kappa shape index (κ1) is 12.5. The van der Waals surface area contributed by atoms with Crippen LogP contribution >= 0.6 is 11.6 Å². The molecule has 1 fully saturated rings. The summed E-state index contributed by atoms with van der Waals surface area (Å²) in [6.07, 6.45) is 2.82. The highest BCUT2D eigenvalue weighted by atomic mass is 35.5. The number of halogens is 1. The van der Waals surface area contributed by atoms with Crippen molar-refractivity contribution in [3.8, 4) is 0 Å². The zero-order chi connectivity index (χ0) is 12.5. The Morgan fingerprint density at radius 2 is 1.94 bits per heavy atom.